The number of pyridine rings is 1. The number of hydrogen-bond donors (Lipinski definition) is 1. The second-order valence-electron chi connectivity index (χ2n) is 2.79. The first kappa shape index (κ1) is 11.5. The molecular weight excluding hydrogens is 212 g/mol. The summed E-state index contributed by atoms with van der Waals surface area (Å²) < 4.78 is 0. The fourth-order valence-electron chi connectivity index (χ4n) is 1.00. The minimum atomic E-state index is -0.967. The van der Waals surface area contributed by atoms with Crippen molar-refractivity contribution >= 4 is 17.7 Å². The van der Waals surface area contributed by atoms with Crippen LogP contribution in [0, 0.1) is 11.3 Å². The average molecular weight is 222 g/mol. The van der Waals surface area contributed by atoms with E-state index < -0.39 is 5.97 Å². The number of rotatable bonds is 5. The molecular formula is C10H10N2O2S. The Morgan fingerprint density at radius 1 is 1.67 bits per heavy atom. The molecule has 0 amide bonds. The molecule has 1 aromatic rings. The normalized spacial score (nSPS) is 9.53. The molecule has 15 heavy (non-hydrogen) atoms. The summed E-state index contributed by atoms with van der Waals surface area (Å²) in [6.45, 7) is 0. The van der Waals surface area contributed by atoms with E-state index in [1.807, 2.05) is 6.07 Å². The van der Waals surface area contributed by atoms with Gasteiger partial charge in [-0.3, -0.25) is 4.98 Å². The van der Waals surface area contributed by atoms with Crippen LogP contribution in [0.2, 0.25) is 0 Å². The molecule has 0 saturated heterocycles. The molecule has 1 heterocycles. The van der Waals surface area contributed by atoms with Gasteiger partial charge in [-0.05, 0) is 18.2 Å². The summed E-state index contributed by atoms with van der Waals surface area (Å²) in [7, 11) is 0. The van der Waals surface area contributed by atoms with Crippen molar-refractivity contribution in [3.8, 4) is 6.07 Å². The van der Waals surface area contributed by atoms with Gasteiger partial charge in [-0.1, -0.05) is 0 Å². The molecule has 0 aliphatic heterocycles. The fraction of sp³-hybridized carbons (Fsp3) is 0.300. The second-order valence-corrected chi connectivity index (χ2v) is 3.92. The minimum absolute atomic E-state index is 0.222. The van der Waals surface area contributed by atoms with Crippen molar-refractivity contribution < 1.29 is 9.90 Å². The highest BCUT2D eigenvalue weighted by Crippen LogP contribution is 2.22. The van der Waals surface area contributed by atoms with Crippen LogP contribution in [0.1, 0.15) is 23.2 Å². The van der Waals surface area contributed by atoms with Gasteiger partial charge >= 0.3 is 5.97 Å². The molecule has 0 bridgehead atoms. The molecule has 0 atom stereocenters. The number of unbranched alkanes of at least 4 members (excludes halogenated alkanes) is 1. The van der Waals surface area contributed by atoms with Crippen molar-refractivity contribution in [1.82, 2.24) is 4.98 Å². The summed E-state index contributed by atoms with van der Waals surface area (Å²) in [5.74, 6) is -0.219. The van der Waals surface area contributed by atoms with E-state index in [1.165, 1.54) is 18.0 Å². The van der Waals surface area contributed by atoms with E-state index in [0.29, 0.717) is 11.3 Å². The van der Waals surface area contributed by atoms with Crippen LogP contribution >= 0.6 is 11.8 Å². The molecule has 0 saturated carbocycles. The molecule has 1 aromatic heterocycles. The van der Waals surface area contributed by atoms with E-state index in [0.717, 1.165) is 12.2 Å². The molecule has 0 aliphatic carbocycles. The van der Waals surface area contributed by atoms with Gasteiger partial charge in [0, 0.05) is 23.7 Å². The first-order valence-corrected chi connectivity index (χ1v) is 5.41. The number of carbonyl (C=O) groups is 1. The van der Waals surface area contributed by atoms with Gasteiger partial charge in [-0.15, -0.1) is 11.8 Å². The Balaban J connectivity index is 2.60. The van der Waals surface area contributed by atoms with Crippen LogP contribution in [-0.4, -0.2) is 21.8 Å². The third kappa shape index (κ3) is 3.60. The van der Waals surface area contributed by atoms with Crippen molar-refractivity contribution in [2.45, 2.75) is 17.7 Å². The summed E-state index contributed by atoms with van der Waals surface area (Å²) in [5, 5.41) is 17.2. The third-order valence-electron chi connectivity index (χ3n) is 1.70. The number of carboxylic acids is 1. The van der Waals surface area contributed by atoms with Crippen molar-refractivity contribution in [3.63, 3.8) is 0 Å². The maximum Gasteiger partial charge on any atom is 0.338 e. The van der Waals surface area contributed by atoms with E-state index in [4.69, 9.17) is 10.4 Å². The lowest BCUT2D eigenvalue weighted by molar-refractivity contribution is 0.0692. The lowest BCUT2D eigenvalue weighted by Gasteiger charge is -2.03. The third-order valence-corrected chi connectivity index (χ3v) is 2.86. The van der Waals surface area contributed by atoms with Gasteiger partial charge in [0.15, 0.2) is 0 Å². The summed E-state index contributed by atoms with van der Waals surface area (Å²) >= 11 is 1.44. The molecule has 0 radical (unpaired) electrons. The van der Waals surface area contributed by atoms with E-state index >= 15 is 0 Å². The number of nitrogens with zero attached hydrogens (tertiary/aromatic N) is 2. The summed E-state index contributed by atoms with van der Waals surface area (Å²) in [6, 6.07) is 3.73. The van der Waals surface area contributed by atoms with E-state index in [1.54, 1.807) is 12.3 Å². The monoisotopic (exact) mass is 222 g/mol. The van der Waals surface area contributed by atoms with Crippen LogP contribution < -0.4 is 0 Å². The van der Waals surface area contributed by atoms with Crippen molar-refractivity contribution in [2.75, 3.05) is 5.75 Å². The Morgan fingerprint density at radius 2 is 2.47 bits per heavy atom. The standard InChI is InChI=1S/C10H10N2O2S/c11-4-1-2-6-15-9-3-5-12-7-8(9)10(13)14/h3,5,7H,1-2,6H2,(H,13,14). The Kier molecular flexibility index (Phi) is 4.64. The maximum absolute atomic E-state index is 10.8. The van der Waals surface area contributed by atoms with Gasteiger partial charge in [0.05, 0.1) is 11.6 Å². The zero-order chi connectivity index (χ0) is 11.1. The molecule has 0 fully saturated rings. The van der Waals surface area contributed by atoms with Gasteiger partial charge in [0.25, 0.3) is 0 Å². The Labute approximate surface area is 91.9 Å². The van der Waals surface area contributed by atoms with Crippen molar-refractivity contribution in [1.29, 1.82) is 5.26 Å². The minimum Gasteiger partial charge on any atom is -0.478 e. The number of aromatic nitrogens is 1. The Morgan fingerprint density at radius 3 is 3.13 bits per heavy atom. The van der Waals surface area contributed by atoms with Crippen LogP contribution in [0.3, 0.4) is 0 Å². The van der Waals surface area contributed by atoms with Gasteiger partial charge in [-0.25, -0.2) is 4.79 Å². The van der Waals surface area contributed by atoms with Crippen LogP contribution in [-0.2, 0) is 0 Å². The molecule has 0 unspecified atom stereocenters. The summed E-state index contributed by atoms with van der Waals surface area (Å²) in [5.41, 5.74) is 0.222. The fourth-order valence-corrected chi connectivity index (χ4v) is 1.96. The molecule has 1 rings (SSSR count). The highest BCUT2D eigenvalue weighted by atomic mass is 32.2. The van der Waals surface area contributed by atoms with Gasteiger partial charge in [0.2, 0.25) is 0 Å². The number of aromatic carboxylic acids is 1. The van der Waals surface area contributed by atoms with Crippen molar-refractivity contribution in [3.05, 3.63) is 24.0 Å². The van der Waals surface area contributed by atoms with E-state index in [2.05, 4.69) is 4.98 Å². The quantitative estimate of drug-likeness (QED) is 0.610. The SMILES string of the molecule is N#CCCCSc1ccncc1C(=O)O. The van der Waals surface area contributed by atoms with E-state index in [-0.39, 0.29) is 5.56 Å². The number of nitriles is 1. The maximum atomic E-state index is 10.8. The van der Waals surface area contributed by atoms with Crippen LogP contribution in [0.4, 0.5) is 0 Å². The lowest BCUT2D eigenvalue weighted by Crippen LogP contribution is -1.99. The first-order chi connectivity index (χ1) is 7.25. The van der Waals surface area contributed by atoms with Crippen LogP contribution in [0.25, 0.3) is 0 Å². The molecule has 5 heteroatoms. The molecule has 1 N–H and O–H groups in total. The molecule has 78 valence electrons. The van der Waals surface area contributed by atoms with Gasteiger partial charge in [0.1, 0.15) is 0 Å². The van der Waals surface area contributed by atoms with Gasteiger partial charge in [-0.2, -0.15) is 5.26 Å². The average Bonchev–Trinajstić information content (AvgIpc) is 2.25. The topological polar surface area (TPSA) is 74.0 Å². The molecule has 0 aromatic carbocycles. The largest absolute Gasteiger partial charge is 0.478 e. The first-order valence-electron chi connectivity index (χ1n) is 4.42. The Hall–Kier alpha value is -1.54. The zero-order valence-corrected chi connectivity index (χ0v) is 8.83. The number of hydrogen-bond acceptors (Lipinski definition) is 4. The van der Waals surface area contributed by atoms with Crippen molar-refractivity contribution in [2.24, 2.45) is 0 Å². The molecule has 0 aliphatic rings. The van der Waals surface area contributed by atoms with Crippen LogP contribution in [0.5, 0.6) is 0 Å². The Bertz CT molecular complexity index is 387. The summed E-state index contributed by atoms with van der Waals surface area (Å²) in [6.07, 6.45) is 4.18. The summed E-state index contributed by atoms with van der Waals surface area (Å²) in [4.78, 5) is 15.3. The molecule has 4 nitrogen and oxygen atoms in total. The highest BCUT2D eigenvalue weighted by molar-refractivity contribution is 7.99. The number of carboxylic acid groups (broad SMARTS) is 1. The lowest BCUT2D eigenvalue weighted by atomic mass is 10.3. The smallest absolute Gasteiger partial charge is 0.338 e. The second kappa shape index (κ2) is 6.04. The van der Waals surface area contributed by atoms with Crippen LogP contribution in [0.15, 0.2) is 23.4 Å². The van der Waals surface area contributed by atoms with Gasteiger partial charge < -0.3 is 5.11 Å². The number of thioether (sulfide) groups is 1. The predicted octanol–water partition coefficient (Wildman–Crippen LogP) is 2.18. The van der Waals surface area contributed by atoms with E-state index in [9.17, 15) is 4.79 Å². The predicted molar refractivity (Wildman–Crippen MR) is 56.8 cm³/mol. The zero-order valence-electron chi connectivity index (χ0n) is 8.01. The highest BCUT2D eigenvalue weighted by Gasteiger charge is 2.09. The molecule has 0 spiro atoms.